The van der Waals surface area contributed by atoms with Crippen molar-refractivity contribution in [3.05, 3.63) is 74.6 Å². The molecule has 24 heavy (non-hydrogen) atoms. The number of carbonyl (C=O) groups is 2. The van der Waals surface area contributed by atoms with Gasteiger partial charge in [-0.15, -0.1) is 0 Å². The van der Waals surface area contributed by atoms with Gasteiger partial charge in [0.2, 0.25) is 0 Å². The molecule has 1 aromatic carbocycles. The van der Waals surface area contributed by atoms with E-state index in [4.69, 9.17) is 0 Å². The van der Waals surface area contributed by atoms with Gasteiger partial charge in [0, 0.05) is 12.3 Å². The van der Waals surface area contributed by atoms with Gasteiger partial charge in [-0.2, -0.15) is 0 Å². The summed E-state index contributed by atoms with van der Waals surface area (Å²) in [6.45, 7) is 0.154. The molecule has 2 rings (SSSR count). The fraction of sp³-hybridized carbons (Fsp3) is 0.125. The number of carbonyl (C=O) groups excluding carboxylic acids is 2. The third-order valence-corrected chi connectivity index (χ3v) is 3.14. The van der Waals surface area contributed by atoms with Gasteiger partial charge in [0.05, 0.1) is 19.2 Å². The van der Waals surface area contributed by atoms with Crippen LogP contribution in [-0.4, -0.2) is 33.5 Å². The minimum Gasteiger partial charge on any atom is -0.507 e. The number of aliphatic hydroxyl groups is 1. The second-order valence-electron chi connectivity index (χ2n) is 4.80. The highest BCUT2D eigenvalue weighted by Crippen LogP contribution is 2.06. The number of aliphatic hydroxyl groups excluding tert-OH is 1. The third kappa shape index (κ3) is 3.86. The normalized spacial score (nSPS) is 11.1. The first-order valence-electron chi connectivity index (χ1n) is 6.83. The van der Waals surface area contributed by atoms with Crippen molar-refractivity contribution in [3.63, 3.8) is 0 Å². The number of nitrogens with one attached hydrogen (secondary N) is 1. The number of ether oxygens (including phenoxy) is 1. The molecule has 0 spiro atoms. The minimum absolute atomic E-state index is 0.154. The van der Waals surface area contributed by atoms with Crippen LogP contribution in [-0.2, 0) is 20.9 Å². The van der Waals surface area contributed by atoms with Crippen molar-refractivity contribution in [1.29, 1.82) is 0 Å². The highest BCUT2D eigenvalue weighted by molar-refractivity contribution is 6.39. The SMILES string of the molecule is COC(=O)C(=O)C=C(O)c1cn(Cc2ccccc2)c(=O)[nH]c1=O. The predicted molar refractivity (Wildman–Crippen MR) is 84.5 cm³/mol. The molecule has 0 saturated carbocycles. The number of ketones is 1. The number of rotatable bonds is 5. The fourth-order valence-electron chi connectivity index (χ4n) is 1.95. The minimum atomic E-state index is -1.18. The molecule has 1 heterocycles. The maximum Gasteiger partial charge on any atom is 0.378 e. The van der Waals surface area contributed by atoms with Crippen LogP contribution in [0.1, 0.15) is 11.1 Å². The topological polar surface area (TPSA) is 118 Å². The van der Waals surface area contributed by atoms with Gasteiger partial charge in [0.1, 0.15) is 5.76 Å². The van der Waals surface area contributed by atoms with Gasteiger partial charge < -0.3 is 9.84 Å². The molecule has 1 aromatic heterocycles. The number of aromatic nitrogens is 2. The fourth-order valence-corrected chi connectivity index (χ4v) is 1.95. The van der Waals surface area contributed by atoms with E-state index in [1.807, 2.05) is 11.1 Å². The number of benzene rings is 1. The molecule has 0 aliphatic carbocycles. The largest absolute Gasteiger partial charge is 0.507 e. The number of methoxy groups -OCH3 is 1. The summed E-state index contributed by atoms with van der Waals surface area (Å²) in [7, 11) is 1.01. The van der Waals surface area contributed by atoms with Crippen LogP contribution in [0.4, 0.5) is 0 Å². The number of aromatic amines is 1. The molecule has 0 aliphatic rings. The van der Waals surface area contributed by atoms with Gasteiger partial charge in [-0.05, 0) is 5.56 Å². The van der Waals surface area contributed by atoms with Gasteiger partial charge in [0.15, 0.2) is 0 Å². The standard InChI is InChI=1S/C16H14N2O6/c1-24-15(22)13(20)7-12(19)11-9-18(16(23)17-14(11)21)8-10-5-3-2-4-6-10/h2-7,9,19H,8H2,1H3,(H,17,21,23). The van der Waals surface area contributed by atoms with Crippen LogP contribution in [0.2, 0.25) is 0 Å². The van der Waals surface area contributed by atoms with Gasteiger partial charge in [0.25, 0.3) is 11.3 Å². The molecule has 0 saturated heterocycles. The first-order valence-corrected chi connectivity index (χ1v) is 6.83. The Morgan fingerprint density at radius 3 is 2.54 bits per heavy atom. The Kier molecular flexibility index (Phi) is 5.10. The van der Waals surface area contributed by atoms with Gasteiger partial charge >= 0.3 is 11.7 Å². The number of esters is 1. The van der Waals surface area contributed by atoms with Crippen molar-refractivity contribution in [2.45, 2.75) is 6.54 Å². The van der Waals surface area contributed by atoms with E-state index < -0.39 is 28.8 Å². The van der Waals surface area contributed by atoms with Crippen molar-refractivity contribution < 1.29 is 19.4 Å². The summed E-state index contributed by atoms with van der Waals surface area (Å²) in [6.07, 6.45) is 1.68. The Balaban J connectivity index is 2.41. The second kappa shape index (κ2) is 7.23. The van der Waals surface area contributed by atoms with Crippen LogP contribution in [0.15, 0.2) is 52.2 Å². The van der Waals surface area contributed by atoms with Crippen molar-refractivity contribution in [2.24, 2.45) is 0 Å². The zero-order valence-electron chi connectivity index (χ0n) is 12.7. The number of hydrogen-bond acceptors (Lipinski definition) is 6. The van der Waals surface area contributed by atoms with Gasteiger partial charge in [-0.1, -0.05) is 30.3 Å². The van der Waals surface area contributed by atoms with Crippen LogP contribution >= 0.6 is 0 Å². The zero-order chi connectivity index (χ0) is 17.7. The molecule has 0 amide bonds. The average Bonchev–Trinajstić information content (AvgIpc) is 2.57. The van der Waals surface area contributed by atoms with Gasteiger partial charge in [-0.25, -0.2) is 9.59 Å². The summed E-state index contributed by atoms with van der Waals surface area (Å²) in [5, 5.41) is 9.89. The summed E-state index contributed by atoms with van der Waals surface area (Å²) in [4.78, 5) is 48.2. The first kappa shape index (κ1) is 16.9. The van der Waals surface area contributed by atoms with Crippen molar-refractivity contribution in [1.82, 2.24) is 9.55 Å². The van der Waals surface area contributed by atoms with Gasteiger partial charge in [-0.3, -0.25) is 19.1 Å². The molecule has 8 heteroatoms. The van der Waals surface area contributed by atoms with E-state index in [1.165, 1.54) is 4.57 Å². The van der Waals surface area contributed by atoms with Crippen LogP contribution in [0.3, 0.4) is 0 Å². The summed E-state index contributed by atoms with van der Waals surface area (Å²) >= 11 is 0. The Morgan fingerprint density at radius 2 is 1.92 bits per heavy atom. The molecule has 2 aromatic rings. The van der Waals surface area contributed by atoms with Crippen molar-refractivity contribution in [3.8, 4) is 0 Å². The molecule has 0 unspecified atom stereocenters. The lowest BCUT2D eigenvalue weighted by Crippen LogP contribution is -2.32. The zero-order valence-corrected chi connectivity index (χ0v) is 12.7. The quantitative estimate of drug-likeness (QED) is 0.350. The molecule has 0 aliphatic heterocycles. The van der Waals surface area contributed by atoms with E-state index in [0.29, 0.717) is 6.08 Å². The molecule has 0 bridgehead atoms. The Labute approximate surface area is 135 Å². The lowest BCUT2D eigenvalue weighted by molar-refractivity contribution is -0.149. The van der Waals surface area contributed by atoms with Crippen molar-refractivity contribution >= 4 is 17.5 Å². The summed E-state index contributed by atoms with van der Waals surface area (Å²) in [5.74, 6) is -3.06. The average molecular weight is 330 g/mol. The highest BCUT2D eigenvalue weighted by atomic mass is 16.5. The molecule has 0 atom stereocenters. The lowest BCUT2D eigenvalue weighted by Gasteiger charge is -2.07. The van der Waals surface area contributed by atoms with Crippen molar-refractivity contribution in [2.75, 3.05) is 7.11 Å². The maximum absolute atomic E-state index is 11.9. The molecule has 8 nitrogen and oxygen atoms in total. The molecule has 0 fully saturated rings. The molecular formula is C16H14N2O6. The highest BCUT2D eigenvalue weighted by Gasteiger charge is 2.15. The lowest BCUT2D eigenvalue weighted by atomic mass is 10.2. The first-order chi connectivity index (χ1) is 11.4. The van der Waals surface area contributed by atoms with E-state index in [9.17, 15) is 24.3 Å². The summed E-state index contributed by atoms with van der Waals surface area (Å²) in [6, 6.07) is 8.97. The smallest absolute Gasteiger partial charge is 0.378 e. The molecule has 2 N–H and O–H groups in total. The third-order valence-electron chi connectivity index (χ3n) is 3.14. The number of H-pyrrole nitrogens is 1. The van der Waals surface area contributed by atoms with Crippen LogP contribution in [0.25, 0.3) is 5.76 Å². The van der Waals surface area contributed by atoms with E-state index in [-0.39, 0.29) is 12.1 Å². The number of hydrogen-bond donors (Lipinski definition) is 2. The second-order valence-corrected chi connectivity index (χ2v) is 4.80. The Morgan fingerprint density at radius 1 is 1.25 bits per heavy atom. The van der Waals surface area contributed by atoms with E-state index >= 15 is 0 Å². The van der Waals surface area contributed by atoms with E-state index in [2.05, 4.69) is 4.74 Å². The Hall–Kier alpha value is -3.42. The monoisotopic (exact) mass is 330 g/mol. The summed E-state index contributed by atoms with van der Waals surface area (Å²) in [5.41, 5.74) is -1.06. The molecule has 0 radical (unpaired) electrons. The van der Waals surface area contributed by atoms with Crippen LogP contribution in [0.5, 0.6) is 0 Å². The Bertz CT molecular complexity index is 908. The molecule has 124 valence electrons. The molecular weight excluding hydrogens is 316 g/mol. The van der Waals surface area contributed by atoms with E-state index in [0.717, 1.165) is 18.9 Å². The predicted octanol–water partition coefficient (Wildman–Crippen LogP) is 0.226. The maximum atomic E-state index is 11.9. The number of nitrogens with zero attached hydrogens (tertiary/aromatic N) is 1. The van der Waals surface area contributed by atoms with Crippen LogP contribution in [0, 0.1) is 0 Å². The van der Waals surface area contributed by atoms with E-state index in [1.54, 1.807) is 24.3 Å². The van der Waals surface area contributed by atoms with Crippen LogP contribution < -0.4 is 11.2 Å². The summed E-state index contributed by atoms with van der Waals surface area (Å²) < 4.78 is 5.38.